The van der Waals surface area contributed by atoms with Gasteiger partial charge < -0.3 is 4.90 Å². The average molecular weight is 326 g/mol. The van der Waals surface area contributed by atoms with Gasteiger partial charge in [0.2, 0.25) is 0 Å². The summed E-state index contributed by atoms with van der Waals surface area (Å²) in [6.07, 6.45) is 0.720. The Kier molecular flexibility index (Phi) is 4.77. The van der Waals surface area contributed by atoms with Gasteiger partial charge in [0, 0.05) is 29.9 Å². The fourth-order valence-electron chi connectivity index (χ4n) is 2.75. The number of fused-ring (bicyclic) bond motifs is 1. The van der Waals surface area contributed by atoms with E-state index in [-0.39, 0.29) is 0 Å². The topological polar surface area (TPSA) is 29.0 Å². The van der Waals surface area contributed by atoms with E-state index in [0.717, 1.165) is 42.1 Å². The molecule has 1 heterocycles. The lowest BCUT2D eigenvalue weighted by atomic mass is 10.1. The maximum Gasteiger partial charge on any atom is 0.140 e. The second kappa shape index (κ2) is 6.97. The Morgan fingerprint density at radius 1 is 0.957 bits per heavy atom. The van der Waals surface area contributed by atoms with Crippen molar-refractivity contribution in [2.24, 2.45) is 0 Å². The largest absolute Gasteiger partial charge is 0.357 e. The standard InChI is InChI=1S/C19H20ClN3/c1-3-23(4-2)19-16-11-10-15(20)13-17(16)21-18(22-19)12-14-8-6-5-7-9-14/h5-11,13H,3-4,12H2,1-2H3. The molecule has 0 bridgehead atoms. The van der Waals surface area contributed by atoms with E-state index >= 15 is 0 Å². The van der Waals surface area contributed by atoms with Crippen LogP contribution < -0.4 is 4.90 Å². The lowest BCUT2D eigenvalue weighted by Crippen LogP contribution is -2.24. The van der Waals surface area contributed by atoms with Gasteiger partial charge in [0.1, 0.15) is 11.6 Å². The number of aromatic nitrogens is 2. The number of rotatable bonds is 5. The highest BCUT2D eigenvalue weighted by molar-refractivity contribution is 6.31. The minimum atomic E-state index is 0.701. The molecule has 4 heteroatoms. The van der Waals surface area contributed by atoms with Crippen molar-refractivity contribution in [2.75, 3.05) is 18.0 Å². The summed E-state index contributed by atoms with van der Waals surface area (Å²) in [6.45, 7) is 6.11. The molecule has 0 unspecified atom stereocenters. The highest BCUT2D eigenvalue weighted by atomic mass is 35.5. The molecule has 3 nitrogen and oxygen atoms in total. The van der Waals surface area contributed by atoms with Crippen LogP contribution in [0.1, 0.15) is 25.2 Å². The van der Waals surface area contributed by atoms with E-state index in [1.165, 1.54) is 5.56 Å². The number of nitrogens with zero attached hydrogens (tertiary/aromatic N) is 3. The van der Waals surface area contributed by atoms with Crippen LogP contribution in [-0.4, -0.2) is 23.1 Å². The zero-order valence-electron chi connectivity index (χ0n) is 13.5. The van der Waals surface area contributed by atoms with E-state index in [1.54, 1.807) is 0 Å². The van der Waals surface area contributed by atoms with Crippen LogP contribution in [0.3, 0.4) is 0 Å². The predicted octanol–water partition coefficient (Wildman–Crippen LogP) is 4.72. The molecule has 3 rings (SSSR count). The highest BCUT2D eigenvalue weighted by Crippen LogP contribution is 2.27. The van der Waals surface area contributed by atoms with Crippen molar-refractivity contribution in [1.82, 2.24) is 9.97 Å². The molecule has 0 fully saturated rings. The monoisotopic (exact) mass is 325 g/mol. The molecule has 0 saturated heterocycles. The van der Waals surface area contributed by atoms with Crippen molar-refractivity contribution < 1.29 is 0 Å². The second-order valence-corrected chi connectivity index (χ2v) is 5.90. The quantitative estimate of drug-likeness (QED) is 0.679. The lowest BCUT2D eigenvalue weighted by Gasteiger charge is -2.22. The average Bonchev–Trinajstić information content (AvgIpc) is 2.56. The van der Waals surface area contributed by atoms with Crippen LogP contribution in [-0.2, 0) is 6.42 Å². The van der Waals surface area contributed by atoms with E-state index in [4.69, 9.17) is 21.6 Å². The third kappa shape index (κ3) is 3.45. The zero-order chi connectivity index (χ0) is 16.2. The molecule has 3 aromatic rings. The third-order valence-electron chi connectivity index (χ3n) is 3.95. The Labute approximate surface area is 141 Å². The van der Waals surface area contributed by atoms with Crippen molar-refractivity contribution in [1.29, 1.82) is 0 Å². The van der Waals surface area contributed by atoms with Crippen LogP contribution in [0.25, 0.3) is 10.9 Å². The van der Waals surface area contributed by atoms with Crippen LogP contribution in [0.2, 0.25) is 5.02 Å². The van der Waals surface area contributed by atoms with Gasteiger partial charge in [-0.3, -0.25) is 0 Å². The number of benzene rings is 2. The molecule has 2 aromatic carbocycles. The van der Waals surface area contributed by atoms with Crippen LogP contribution in [0.5, 0.6) is 0 Å². The summed E-state index contributed by atoms with van der Waals surface area (Å²) in [5.41, 5.74) is 2.11. The number of hydrogen-bond acceptors (Lipinski definition) is 3. The molecule has 0 aliphatic rings. The van der Waals surface area contributed by atoms with Crippen LogP contribution >= 0.6 is 11.6 Å². The SMILES string of the molecule is CCN(CC)c1nc(Cc2ccccc2)nc2cc(Cl)ccc12. The molecular weight excluding hydrogens is 306 g/mol. The fraction of sp³-hybridized carbons (Fsp3) is 0.263. The first-order chi connectivity index (χ1) is 11.2. The second-order valence-electron chi connectivity index (χ2n) is 5.46. The van der Waals surface area contributed by atoms with E-state index < -0.39 is 0 Å². The van der Waals surface area contributed by atoms with Gasteiger partial charge in [-0.2, -0.15) is 0 Å². The fourth-order valence-corrected chi connectivity index (χ4v) is 2.92. The molecule has 0 aliphatic heterocycles. The number of hydrogen-bond donors (Lipinski definition) is 0. The molecule has 118 valence electrons. The molecule has 0 spiro atoms. The Balaban J connectivity index is 2.11. The first-order valence-corrected chi connectivity index (χ1v) is 8.34. The van der Waals surface area contributed by atoms with Crippen molar-refractivity contribution in [3.05, 3.63) is 64.9 Å². The van der Waals surface area contributed by atoms with Gasteiger partial charge in [-0.25, -0.2) is 9.97 Å². The van der Waals surface area contributed by atoms with Crippen molar-refractivity contribution in [2.45, 2.75) is 20.3 Å². The van der Waals surface area contributed by atoms with Crippen molar-refractivity contribution in [3.8, 4) is 0 Å². The van der Waals surface area contributed by atoms with Gasteiger partial charge in [-0.15, -0.1) is 0 Å². The first-order valence-electron chi connectivity index (χ1n) is 7.96. The number of halogens is 1. The Morgan fingerprint density at radius 2 is 1.70 bits per heavy atom. The van der Waals surface area contributed by atoms with Gasteiger partial charge in [-0.05, 0) is 37.6 Å². The summed E-state index contributed by atoms with van der Waals surface area (Å²) >= 11 is 6.16. The molecule has 23 heavy (non-hydrogen) atoms. The van der Waals surface area contributed by atoms with Crippen LogP contribution in [0.4, 0.5) is 5.82 Å². The third-order valence-corrected chi connectivity index (χ3v) is 4.19. The lowest BCUT2D eigenvalue weighted by molar-refractivity contribution is 0.836. The molecule has 0 saturated carbocycles. The van der Waals surface area contributed by atoms with E-state index in [0.29, 0.717) is 5.02 Å². The summed E-state index contributed by atoms with van der Waals surface area (Å²) in [7, 11) is 0. The molecule has 0 N–H and O–H groups in total. The van der Waals surface area contributed by atoms with Crippen LogP contribution in [0.15, 0.2) is 48.5 Å². The van der Waals surface area contributed by atoms with Gasteiger partial charge >= 0.3 is 0 Å². The Bertz CT molecular complexity index is 798. The van der Waals surface area contributed by atoms with Gasteiger partial charge in [-0.1, -0.05) is 41.9 Å². The first kappa shape index (κ1) is 15.8. The van der Waals surface area contributed by atoms with Crippen molar-refractivity contribution >= 4 is 28.3 Å². The van der Waals surface area contributed by atoms with E-state index in [1.807, 2.05) is 36.4 Å². The summed E-state index contributed by atoms with van der Waals surface area (Å²) < 4.78 is 0. The zero-order valence-corrected chi connectivity index (χ0v) is 14.2. The molecule has 0 amide bonds. The van der Waals surface area contributed by atoms with Gasteiger partial charge in [0.25, 0.3) is 0 Å². The normalized spacial score (nSPS) is 10.9. The maximum atomic E-state index is 6.16. The van der Waals surface area contributed by atoms with Gasteiger partial charge in [0.15, 0.2) is 0 Å². The summed E-state index contributed by atoms with van der Waals surface area (Å²) in [6, 6.07) is 16.1. The smallest absolute Gasteiger partial charge is 0.140 e. The van der Waals surface area contributed by atoms with E-state index in [2.05, 4.69) is 30.9 Å². The van der Waals surface area contributed by atoms with Crippen LogP contribution in [0, 0.1) is 0 Å². The Hall–Kier alpha value is -2.13. The minimum Gasteiger partial charge on any atom is -0.357 e. The molecular formula is C19H20ClN3. The summed E-state index contributed by atoms with van der Waals surface area (Å²) in [4.78, 5) is 11.8. The minimum absolute atomic E-state index is 0.701. The predicted molar refractivity (Wildman–Crippen MR) is 97.4 cm³/mol. The Morgan fingerprint density at radius 3 is 2.39 bits per heavy atom. The highest BCUT2D eigenvalue weighted by Gasteiger charge is 2.13. The van der Waals surface area contributed by atoms with Gasteiger partial charge in [0.05, 0.1) is 5.52 Å². The molecule has 1 aromatic heterocycles. The number of anilines is 1. The maximum absolute atomic E-state index is 6.16. The molecule has 0 atom stereocenters. The molecule has 0 aliphatic carbocycles. The molecule has 0 radical (unpaired) electrons. The van der Waals surface area contributed by atoms with Crippen molar-refractivity contribution in [3.63, 3.8) is 0 Å². The van der Waals surface area contributed by atoms with E-state index in [9.17, 15) is 0 Å². The summed E-state index contributed by atoms with van der Waals surface area (Å²) in [5, 5.41) is 1.75. The summed E-state index contributed by atoms with van der Waals surface area (Å²) in [5.74, 6) is 1.82.